The van der Waals surface area contributed by atoms with Gasteiger partial charge in [-0.25, -0.2) is 9.97 Å². The average molecular weight is 277 g/mol. The number of nitrogens with zero attached hydrogens (tertiary/aromatic N) is 2. The molecule has 1 aliphatic heterocycles. The van der Waals surface area contributed by atoms with Gasteiger partial charge in [0.25, 0.3) is 0 Å². The minimum absolute atomic E-state index is 0.0471. The average Bonchev–Trinajstić information content (AvgIpc) is 2.45. The molecule has 112 valence electrons. The molecule has 0 bridgehead atoms. The lowest BCUT2D eigenvalue weighted by molar-refractivity contribution is 0.0835. The Kier molecular flexibility index (Phi) is 4.97. The summed E-state index contributed by atoms with van der Waals surface area (Å²) in [6.45, 7) is 11.4. The number of anilines is 1. The van der Waals surface area contributed by atoms with E-state index in [1.807, 2.05) is 0 Å². The van der Waals surface area contributed by atoms with Gasteiger partial charge in [-0.05, 0) is 19.3 Å². The first-order valence-electron chi connectivity index (χ1n) is 7.71. The first-order chi connectivity index (χ1) is 9.50. The molecule has 4 heteroatoms. The number of hydrogen-bond acceptors (Lipinski definition) is 4. The van der Waals surface area contributed by atoms with Crippen molar-refractivity contribution in [3.63, 3.8) is 0 Å². The maximum Gasteiger partial charge on any atom is 0.134 e. The molecule has 2 heterocycles. The van der Waals surface area contributed by atoms with Gasteiger partial charge in [-0.3, -0.25) is 0 Å². The summed E-state index contributed by atoms with van der Waals surface area (Å²) in [6, 6.07) is 2.10. The Morgan fingerprint density at radius 2 is 1.95 bits per heavy atom. The summed E-state index contributed by atoms with van der Waals surface area (Å²) in [5, 5.41) is 3.40. The second kappa shape index (κ2) is 6.53. The Morgan fingerprint density at radius 3 is 2.55 bits per heavy atom. The van der Waals surface area contributed by atoms with Gasteiger partial charge >= 0.3 is 0 Å². The molecule has 1 fully saturated rings. The van der Waals surface area contributed by atoms with Crippen molar-refractivity contribution in [3.05, 3.63) is 17.6 Å². The Bertz CT molecular complexity index is 434. The van der Waals surface area contributed by atoms with Crippen LogP contribution in [0.3, 0.4) is 0 Å². The number of rotatable bonds is 4. The van der Waals surface area contributed by atoms with Crippen LogP contribution in [-0.4, -0.2) is 29.7 Å². The molecule has 1 aromatic rings. The van der Waals surface area contributed by atoms with Gasteiger partial charge in [0.2, 0.25) is 0 Å². The standard InChI is InChI=1S/C16H27N3O/c1-5-8-17-14-11-13(16(2,3)4)18-15(19-14)12-6-9-20-10-7-12/h11-12H,5-10H2,1-4H3,(H,17,18,19). The Morgan fingerprint density at radius 1 is 1.25 bits per heavy atom. The molecule has 1 saturated heterocycles. The van der Waals surface area contributed by atoms with Crippen molar-refractivity contribution in [3.8, 4) is 0 Å². The van der Waals surface area contributed by atoms with Crippen molar-refractivity contribution >= 4 is 5.82 Å². The third-order valence-electron chi connectivity index (χ3n) is 3.65. The quantitative estimate of drug-likeness (QED) is 0.915. The number of ether oxygens (including phenoxy) is 1. The first kappa shape index (κ1) is 15.2. The minimum Gasteiger partial charge on any atom is -0.381 e. The predicted octanol–water partition coefficient (Wildman–Crippen LogP) is 3.49. The first-order valence-corrected chi connectivity index (χ1v) is 7.71. The van der Waals surface area contributed by atoms with Crippen LogP contribution < -0.4 is 5.32 Å². The lowest BCUT2D eigenvalue weighted by Crippen LogP contribution is -2.21. The normalized spacial score (nSPS) is 17.2. The lowest BCUT2D eigenvalue weighted by Gasteiger charge is -2.24. The molecule has 0 radical (unpaired) electrons. The van der Waals surface area contributed by atoms with Crippen molar-refractivity contribution in [1.29, 1.82) is 0 Å². The number of nitrogens with one attached hydrogen (secondary N) is 1. The van der Waals surface area contributed by atoms with Crippen molar-refractivity contribution in [2.24, 2.45) is 0 Å². The molecule has 1 aromatic heterocycles. The largest absolute Gasteiger partial charge is 0.381 e. The van der Waals surface area contributed by atoms with Crippen molar-refractivity contribution in [1.82, 2.24) is 9.97 Å². The van der Waals surface area contributed by atoms with E-state index < -0.39 is 0 Å². The summed E-state index contributed by atoms with van der Waals surface area (Å²) < 4.78 is 5.44. The van der Waals surface area contributed by atoms with E-state index in [9.17, 15) is 0 Å². The second-order valence-corrected chi connectivity index (χ2v) is 6.56. The Labute approximate surface area is 122 Å². The van der Waals surface area contributed by atoms with Crippen LogP contribution in [0.5, 0.6) is 0 Å². The van der Waals surface area contributed by atoms with Crippen LogP contribution in [0.15, 0.2) is 6.07 Å². The highest BCUT2D eigenvalue weighted by molar-refractivity contribution is 5.38. The van der Waals surface area contributed by atoms with E-state index >= 15 is 0 Å². The molecule has 0 amide bonds. The van der Waals surface area contributed by atoms with E-state index in [1.54, 1.807) is 0 Å². The monoisotopic (exact) mass is 277 g/mol. The van der Waals surface area contributed by atoms with Crippen LogP contribution in [0, 0.1) is 0 Å². The van der Waals surface area contributed by atoms with Gasteiger partial charge in [-0.2, -0.15) is 0 Å². The summed E-state index contributed by atoms with van der Waals surface area (Å²) >= 11 is 0. The molecule has 1 aliphatic rings. The molecule has 0 spiro atoms. The molecule has 0 unspecified atom stereocenters. The summed E-state index contributed by atoms with van der Waals surface area (Å²) in [7, 11) is 0. The van der Waals surface area contributed by atoms with Crippen LogP contribution in [0.1, 0.15) is 64.4 Å². The molecule has 0 saturated carbocycles. The van der Waals surface area contributed by atoms with Crippen LogP contribution in [0.2, 0.25) is 0 Å². The third kappa shape index (κ3) is 3.92. The summed E-state index contributed by atoms with van der Waals surface area (Å²) in [6.07, 6.45) is 3.16. The zero-order valence-electron chi connectivity index (χ0n) is 13.2. The van der Waals surface area contributed by atoms with Gasteiger partial charge in [0.05, 0.1) is 5.69 Å². The van der Waals surface area contributed by atoms with Crippen molar-refractivity contribution < 1.29 is 4.74 Å². The smallest absolute Gasteiger partial charge is 0.134 e. The van der Waals surface area contributed by atoms with Gasteiger partial charge in [-0.1, -0.05) is 27.7 Å². The van der Waals surface area contributed by atoms with Crippen molar-refractivity contribution in [2.45, 2.75) is 58.3 Å². The third-order valence-corrected chi connectivity index (χ3v) is 3.65. The number of hydrogen-bond donors (Lipinski definition) is 1. The van der Waals surface area contributed by atoms with E-state index in [0.717, 1.165) is 56.4 Å². The van der Waals surface area contributed by atoms with Gasteiger partial charge in [-0.15, -0.1) is 0 Å². The highest BCUT2D eigenvalue weighted by Crippen LogP contribution is 2.28. The Hall–Kier alpha value is -1.16. The summed E-state index contributed by atoms with van der Waals surface area (Å²) in [5.41, 5.74) is 1.17. The number of aromatic nitrogens is 2. The fourth-order valence-electron chi connectivity index (χ4n) is 2.33. The topological polar surface area (TPSA) is 47.0 Å². The molecule has 2 rings (SSSR count). The van der Waals surface area contributed by atoms with E-state index in [2.05, 4.69) is 39.1 Å². The highest BCUT2D eigenvalue weighted by atomic mass is 16.5. The fourth-order valence-corrected chi connectivity index (χ4v) is 2.33. The molecular formula is C16H27N3O. The lowest BCUT2D eigenvalue weighted by atomic mass is 9.91. The van der Waals surface area contributed by atoms with Gasteiger partial charge in [0.15, 0.2) is 0 Å². The van der Waals surface area contributed by atoms with E-state index in [1.165, 1.54) is 0 Å². The minimum atomic E-state index is 0.0471. The summed E-state index contributed by atoms with van der Waals surface area (Å²) in [5.74, 6) is 2.39. The molecule has 20 heavy (non-hydrogen) atoms. The van der Waals surface area contributed by atoms with Crippen LogP contribution in [0.4, 0.5) is 5.82 Å². The molecule has 0 atom stereocenters. The van der Waals surface area contributed by atoms with E-state index in [4.69, 9.17) is 14.7 Å². The second-order valence-electron chi connectivity index (χ2n) is 6.56. The highest BCUT2D eigenvalue weighted by Gasteiger charge is 2.23. The summed E-state index contributed by atoms with van der Waals surface area (Å²) in [4.78, 5) is 9.56. The predicted molar refractivity (Wildman–Crippen MR) is 82.3 cm³/mol. The maximum atomic E-state index is 5.44. The molecule has 0 aromatic carbocycles. The molecular weight excluding hydrogens is 250 g/mol. The molecule has 4 nitrogen and oxygen atoms in total. The zero-order valence-corrected chi connectivity index (χ0v) is 13.2. The fraction of sp³-hybridized carbons (Fsp3) is 0.750. The van der Waals surface area contributed by atoms with Crippen LogP contribution in [0.25, 0.3) is 0 Å². The van der Waals surface area contributed by atoms with E-state index in [-0.39, 0.29) is 5.41 Å². The SMILES string of the molecule is CCCNc1cc(C(C)(C)C)nc(C2CCOCC2)n1. The van der Waals surface area contributed by atoms with E-state index in [0.29, 0.717) is 5.92 Å². The van der Waals surface area contributed by atoms with Gasteiger partial charge in [0, 0.05) is 37.2 Å². The van der Waals surface area contributed by atoms with Crippen molar-refractivity contribution in [2.75, 3.05) is 25.1 Å². The molecule has 1 N–H and O–H groups in total. The Balaban J connectivity index is 2.29. The molecule has 0 aliphatic carbocycles. The van der Waals surface area contributed by atoms with Gasteiger partial charge in [0.1, 0.15) is 11.6 Å². The van der Waals surface area contributed by atoms with Crippen LogP contribution >= 0.6 is 0 Å². The van der Waals surface area contributed by atoms with Crippen LogP contribution in [-0.2, 0) is 10.2 Å². The maximum absolute atomic E-state index is 5.44. The zero-order chi connectivity index (χ0) is 14.6. The van der Waals surface area contributed by atoms with Gasteiger partial charge < -0.3 is 10.1 Å².